The van der Waals surface area contributed by atoms with Gasteiger partial charge >= 0.3 is 0 Å². The quantitative estimate of drug-likeness (QED) is 0.863. The standard InChI is InChI=1S/C14H23NO2S/c1-5-6-11(2)15-12(3)13-7-9-14(10-8-13)18(4,16)17/h7-12,15H,5-6H2,1-4H3. The monoisotopic (exact) mass is 269 g/mol. The molecular formula is C14H23NO2S. The van der Waals surface area contributed by atoms with Gasteiger partial charge in [-0.3, -0.25) is 0 Å². The van der Waals surface area contributed by atoms with Crippen molar-refractivity contribution in [3.8, 4) is 0 Å². The zero-order valence-electron chi connectivity index (χ0n) is 11.6. The fraction of sp³-hybridized carbons (Fsp3) is 0.571. The summed E-state index contributed by atoms with van der Waals surface area (Å²) in [5.74, 6) is 0. The Balaban J connectivity index is 2.73. The minimum Gasteiger partial charge on any atom is -0.308 e. The summed E-state index contributed by atoms with van der Waals surface area (Å²) in [6, 6.07) is 7.82. The highest BCUT2D eigenvalue weighted by Crippen LogP contribution is 2.17. The van der Waals surface area contributed by atoms with Crippen molar-refractivity contribution in [2.75, 3.05) is 6.26 Å². The van der Waals surface area contributed by atoms with Gasteiger partial charge in [-0.15, -0.1) is 0 Å². The van der Waals surface area contributed by atoms with Crippen LogP contribution >= 0.6 is 0 Å². The van der Waals surface area contributed by atoms with Gasteiger partial charge in [0.2, 0.25) is 0 Å². The second-order valence-corrected chi connectivity index (χ2v) is 6.94. The van der Waals surface area contributed by atoms with Crippen LogP contribution < -0.4 is 5.32 Å². The lowest BCUT2D eigenvalue weighted by molar-refractivity contribution is 0.452. The van der Waals surface area contributed by atoms with Crippen molar-refractivity contribution >= 4 is 9.84 Å². The van der Waals surface area contributed by atoms with Gasteiger partial charge in [0.1, 0.15) is 0 Å². The lowest BCUT2D eigenvalue weighted by Crippen LogP contribution is -2.28. The Bertz CT molecular complexity index is 465. The highest BCUT2D eigenvalue weighted by Gasteiger charge is 2.11. The average Bonchev–Trinajstić information content (AvgIpc) is 2.28. The van der Waals surface area contributed by atoms with Gasteiger partial charge in [-0.05, 0) is 38.0 Å². The molecule has 0 radical (unpaired) electrons. The lowest BCUT2D eigenvalue weighted by Gasteiger charge is -2.20. The second kappa shape index (κ2) is 6.34. The molecule has 0 bridgehead atoms. The van der Waals surface area contributed by atoms with Crippen molar-refractivity contribution in [1.82, 2.24) is 5.32 Å². The molecule has 0 aliphatic rings. The van der Waals surface area contributed by atoms with Gasteiger partial charge in [-0.1, -0.05) is 25.5 Å². The third kappa shape index (κ3) is 4.42. The number of nitrogens with one attached hydrogen (secondary N) is 1. The van der Waals surface area contributed by atoms with E-state index in [1.807, 2.05) is 12.1 Å². The van der Waals surface area contributed by atoms with Gasteiger partial charge in [0.15, 0.2) is 9.84 Å². The van der Waals surface area contributed by atoms with Crippen molar-refractivity contribution in [2.45, 2.75) is 50.6 Å². The molecule has 0 saturated carbocycles. The molecule has 1 aromatic carbocycles. The van der Waals surface area contributed by atoms with Crippen molar-refractivity contribution in [2.24, 2.45) is 0 Å². The van der Waals surface area contributed by atoms with Gasteiger partial charge in [0.25, 0.3) is 0 Å². The highest BCUT2D eigenvalue weighted by atomic mass is 32.2. The van der Waals surface area contributed by atoms with Gasteiger partial charge in [0, 0.05) is 18.3 Å². The fourth-order valence-electron chi connectivity index (χ4n) is 2.04. The van der Waals surface area contributed by atoms with E-state index in [2.05, 4.69) is 26.1 Å². The van der Waals surface area contributed by atoms with Crippen LogP contribution in [0.2, 0.25) is 0 Å². The van der Waals surface area contributed by atoms with Gasteiger partial charge in [-0.2, -0.15) is 0 Å². The van der Waals surface area contributed by atoms with Gasteiger partial charge in [0.05, 0.1) is 4.90 Å². The Kier molecular flexibility index (Phi) is 5.35. The van der Waals surface area contributed by atoms with Gasteiger partial charge < -0.3 is 5.32 Å². The predicted octanol–water partition coefficient (Wildman–Crippen LogP) is 2.93. The minimum atomic E-state index is -3.10. The molecule has 1 aromatic rings. The first-order chi connectivity index (χ1) is 8.34. The summed E-state index contributed by atoms with van der Waals surface area (Å²) in [5, 5.41) is 3.51. The topological polar surface area (TPSA) is 46.2 Å². The van der Waals surface area contributed by atoms with E-state index in [0.29, 0.717) is 10.9 Å². The average molecular weight is 269 g/mol. The molecule has 0 spiro atoms. The van der Waals surface area contributed by atoms with Crippen LogP contribution in [0.3, 0.4) is 0 Å². The molecule has 0 aliphatic heterocycles. The Hall–Kier alpha value is -0.870. The number of rotatable bonds is 6. The van der Waals surface area contributed by atoms with Crippen molar-refractivity contribution < 1.29 is 8.42 Å². The molecule has 0 aromatic heterocycles. The zero-order chi connectivity index (χ0) is 13.8. The van der Waals surface area contributed by atoms with Crippen molar-refractivity contribution in [3.63, 3.8) is 0 Å². The smallest absolute Gasteiger partial charge is 0.175 e. The molecule has 3 nitrogen and oxygen atoms in total. The third-order valence-electron chi connectivity index (χ3n) is 3.06. The molecule has 0 amide bonds. The van der Waals surface area contributed by atoms with E-state index in [1.165, 1.54) is 6.26 Å². The van der Waals surface area contributed by atoms with E-state index in [-0.39, 0.29) is 6.04 Å². The largest absolute Gasteiger partial charge is 0.308 e. The summed E-state index contributed by atoms with van der Waals surface area (Å²) < 4.78 is 22.7. The van der Waals surface area contributed by atoms with Gasteiger partial charge in [-0.25, -0.2) is 8.42 Å². The summed E-state index contributed by atoms with van der Waals surface area (Å²) in [5.41, 5.74) is 1.12. The molecule has 4 heteroatoms. The van der Waals surface area contributed by atoms with Crippen LogP contribution in [0.25, 0.3) is 0 Å². The Labute approximate surface area is 111 Å². The van der Waals surface area contributed by atoms with E-state index in [9.17, 15) is 8.42 Å². The van der Waals surface area contributed by atoms with Crippen molar-refractivity contribution in [3.05, 3.63) is 29.8 Å². The predicted molar refractivity (Wildman–Crippen MR) is 75.5 cm³/mol. The summed E-state index contributed by atoms with van der Waals surface area (Å²) >= 11 is 0. The molecule has 0 heterocycles. The Morgan fingerprint density at radius 2 is 1.72 bits per heavy atom. The van der Waals surface area contributed by atoms with E-state index in [1.54, 1.807) is 12.1 Å². The summed E-state index contributed by atoms with van der Waals surface area (Å²) in [4.78, 5) is 0.375. The Morgan fingerprint density at radius 1 is 1.17 bits per heavy atom. The lowest BCUT2D eigenvalue weighted by atomic mass is 10.1. The van der Waals surface area contributed by atoms with E-state index in [0.717, 1.165) is 18.4 Å². The van der Waals surface area contributed by atoms with Crippen LogP contribution in [0.5, 0.6) is 0 Å². The first-order valence-corrected chi connectivity index (χ1v) is 8.29. The maximum absolute atomic E-state index is 11.4. The number of hydrogen-bond acceptors (Lipinski definition) is 3. The van der Waals surface area contributed by atoms with Crippen LogP contribution in [-0.2, 0) is 9.84 Å². The SMILES string of the molecule is CCCC(C)NC(C)c1ccc(S(C)(=O)=O)cc1. The van der Waals surface area contributed by atoms with E-state index in [4.69, 9.17) is 0 Å². The fourth-order valence-corrected chi connectivity index (χ4v) is 2.67. The van der Waals surface area contributed by atoms with Crippen LogP contribution in [0, 0.1) is 0 Å². The van der Waals surface area contributed by atoms with Crippen LogP contribution in [0.15, 0.2) is 29.2 Å². The van der Waals surface area contributed by atoms with E-state index >= 15 is 0 Å². The maximum atomic E-state index is 11.4. The van der Waals surface area contributed by atoms with Crippen LogP contribution in [0.1, 0.15) is 45.2 Å². The molecule has 2 unspecified atom stereocenters. The summed E-state index contributed by atoms with van der Waals surface area (Å²) in [7, 11) is -3.10. The Morgan fingerprint density at radius 3 is 2.17 bits per heavy atom. The van der Waals surface area contributed by atoms with Crippen molar-refractivity contribution in [1.29, 1.82) is 0 Å². The molecule has 2 atom stereocenters. The number of hydrogen-bond donors (Lipinski definition) is 1. The third-order valence-corrected chi connectivity index (χ3v) is 4.19. The molecule has 1 rings (SSSR count). The maximum Gasteiger partial charge on any atom is 0.175 e. The summed E-state index contributed by atoms with van der Waals surface area (Å²) in [6.07, 6.45) is 3.53. The molecule has 0 saturated heterocycles. The molecular weight excluding hydrogens is 246 g/mol. The number of benzene rings is 1. The zero-order valence-corrected chi connectivity index (χ0v) is 12.4. The highest BCUT2D eigenvalue weighted by molar-refractivity contribution is 7.90. The molecule has 102 valence electrons. The first-order valence-electron chi connectivity index (χ1n) is 6.40. The normalized spacial score (nSPS) is 15.3. The molecule has 0 fully saturated rings. The summed E-state index contributed by atoms with van der Waals surface area (Å²) in [6.45, 7) is 6.44. The minimum absolute atomic E-state index is 0.236. The number of sulfone groups is 1. The molecule has 0 aliphatic carbocycles. The molecule has 1 N–H and O–H groups in total. The van der Waals surface area contributed by atoms with Crippen LogP contribution in [-0.4, -0.2) is 20.7 Å². The van der Waals surface area contributed by atoms with Crippen LogP contribution in [0.4, 0.5) is 0 Å². The first kappa shape index (κ1) is 15.2. The molecule has 18 heavy (non-hydrogen) atoms. The van der Waals surface area contributed by atoms with E-state index < -0.39 is 9.84 Å². The second-order valence-electron chi connectivity index (χ2n) is 4.92.